The molecule has 0 saturated heterocycles. The van der Waals surface area contributed by atoms with E-state index in [0.29, 0.717) is 0 Å². The summed E-state index contributed by atoms with van der Waals surface area (Å²) in [6, 6.07) is 3.49. The van der Waals surface area contributed by atoms with Crippen molar-refractivity contribution in [2.75, 3.05) is 0 Å². The van der Waals surface area contributed by atoms with Crippen molar-refractivity contribution in [2.24, 2.45) is 0 Å². The number of carboxylic acid groups (broad SMARTS) is 1. The first-order valence-corrected chi connectivity index (χ1v) is 3.71. The molecule has 0 amide bonds. The predicted octanol–water partition coefficient (Wildman–Crippen LogP) is -0.642. The van der Waals surface area contributed by atoms with Crippen molar-refractivity contribution in [3.63, 3.8) is 0 Å². The maximum atomic E-state index is 11.0. The molecule has 0 saturated carbocycles. The molecule has 80 valence electrons. The molecule has 1 aromatic carbocycles. The van der Waals surface area contributed by atoms with Crippen molar-refractivity contribution in [1.29, 1.82) is 0 Å². The van der Waals surface area contributed by atoms with Gasteiger partial charge in [0.1, 0.15) is 0 Å². The van der Waals surface area contributed by atoms with Gasteiger partial charge in [0, 0.05) is 0 Å². The Balaban J connectivity index is 0.00000112. The number of fused-ring (bicyclic) bond motifs is 1. The summed E-state index contributed by atoms with van der Waals surface area (Å²) in [6.45, 7) is 0. The zero-order valence-electron chi connectivity index (χ0n) is 7.07. The van der Waals surface area contributed by atoms with Crippen LogP contribution in [0.3, 0.4) is 0 Å². The minimum atomic E-state index is -1.40. The molecule has 0 spiro atoms. The molecule has 0 aromatic heterocycles. The van der Waals surface area contributed by atoms with Gasteiger partial charge in [0.15, 0.2) is 0 Å². The van der Waals surface area contributed by atoms with Crippen molar-refractivity contribution in [3.8, 4) is 0 Å². The number of carbonyl (C=O) groups is 3. The molecular formula is C9H3AgO5. The number of ether oxygens (including phenoxy) is 1. The molecule has 6 heteroatoms. The molecule has 1 aliphatic rings. The van der Waals surface area contributed by atoms with E-state index in [1.54, 1.807) is 0 Å². The molecule has 1 aliphatic heterocycles. The Kier molecular flexibility index (Phi) is 3.09. The number of carbonyl (C=O) groups excluding carboxylic acids is 3. The summed E-state index contributed by atoms with van der Waals surface area (Å²) in [4.78, 5) is 32.4. The second-order valence-corrected chi connectivity index (χ2v) is 2.72. The normalized spacial score (nSPS) is 12.8. The number of cyclic esters (lactones) is 2. The molecule has 1 heterocycles. The van der Waals surface area contributed by atoms with Gasteiger partial charge in [0.25, 0.3) is 0 Å². The van der Waals surface area contributed by atoms with Crippen molar-refractivity contribution in [3.05, 3.63) is 34.9 Å². The van der Waals surface area contributed by atoms with Crippen LogP contribution in [0.25, 0.3) is 0 Å². The third-order valence-corrected chi connectivity index (χ3v) is 1.88. The number of esters is 2. The molecule has 1 aromatic rings. The number of hydrogen-bond acceptors (Lipinski definition) is 5. The Morgan fingerprint density at radius 3 is 2.33 bits per heavy atom. The topological polar surface area (TPSA) is 83.5 Å². The molecule has 15 heavy (non-hydrogen) atoms. The van der Waals surface area contributed by atoms with Gasteiger partial charge in [-0.05, 0) is 17.7 Å². The van der Waals surface area contributed by atoms with E-state index in [1.807, 2.05) is 0 Å². The van der Waals surface area contributed by atoms with E-state index in [-0.39, 0.29) is 39.1 Å². The van der Waals surface area contributed by atoms with Gasteiger partial charge >= 0.3 is 34.3 Å². The largest absolute Gasteiger partial charge is 1.00 e. The Morgan fingerprint density at radius 2 is 1.73 bits per heavy atom. The second kappa shape index (κ2) is 3.98. The molecule has 0 aliphatic carbocycles. The van der Waals surface area contributed by atoms with Crippen molar-refractivity contribution in [1.82, 2.24) is 0 Å². The quantitative estimate of drug-likeness (QED) is 0.391. The Bertz CT molecular complexity index is 466. The number of aromatic carboxylic acids is 1. The van der Waals surface area contributed by atoms with Crippen molar-refractivity contribution >= 4 is 17.9 Å². The molecule has 5 nitrogen and oxygen atoms in total. The first kappa shape index (κ1) is 11.6. The van der Waals surface area contributed by atoms with Gasteiger partial charge in [-0.2, -0.15) is 0 Å². The second-order valence-electron chi connectivity index (χ2n) is 2.72. The van der Waals surface area contributed by atoms with Crippen molar-refractivity contribution < 1.29 is 46.6 Å². The maximum Gasteiger partial charge on any atom is 1.00 e. The van der Waals surface area contributed by atoms with Gasteiger partial charge < -0.3 is 14.6 Å². The monoisotopic (exact) mass is 298 g/mol. The average molecular weight is 299 g/mol. The summed E-state index contributed by atoms with van der Waals surface area (Å²) >= 11 is 0. The van der Waals surface area contributed by atoms with Crippen LogP contribution in [0.1, 0.15) is 31.1 Å². The van der Waals surface area contributed by atoms with E-state index < -0.39 is 17.9 Å². The van der Waals surface area contributed by atoms with Crippen LogP contribution in [0, 0.1) is 0 Å². The zero-order valence-corrected chi connectivity index (χ0v) is 8.56. The van der Waals surface area contributed by atoms with Crippen LogP contribution in [0.2, 0.25) is 0 Å². The van der Waals surface area contributed by atoms with Gasteiger partial charge in [0.05, 0.1) is 17.1 Å². The van der Waals surface area contributed by atoms with E-state index >= 15 is 0 Å². The van der Waals surface area contributed by atoms with E-state index in [2.05, 4.69) is 4.74 Å². The van der Waals surface area contributed by atoms with E-state index in [4.69, 9.17) is 0 Å². The number of benzene rings is 1. The van der Waals surface area contributed by atoms with Crippen molar-refractivity contribution in [2.45, 2.75) is 0 Å². The van der Waals surface area contributed by atoms with Gasteiger partial charge in [-0.25, -0.2) is 9.59 Å². The predicted molar refractivity (Wildman–Crippen MR) is 40.5 cm³/mol. The zero-order chi connectivity index (χ0) is 10.3. The van der Waals surface area contributed by atoms with Crippen LogP contribution in [0.4, 0.5) is 0 Å². The fourth-order valence-corrected chi connectivity index (χ4v) is 1.21. The van der Waals surface area contributed by atoms with Gasteiger partial charge in [-0.3, -0.25) is 0 Å². The van der Waals surface area contributed by atoms with Gasteiger partial charge in [-0.15, -0.1) is 0 Å². The SMILES string of the molecule is O=C([O-])c1ccc2c(c1)C(=O)OC2=O.[Ag+]. The summed E-state index contributed by atoms with van der Waals surface area (Å²) in [5, 5.41) is 10.4. The Hall–Kier alpha value is -1.43. The average Bonchev–Trinajstić information content (AvgIpc) is 2.42. The summed E-state index contributed by atoms with van der Waals surface area (Å²) in [7, 11) is 0. The van der Waals surface area contributed by atoms with Crippen LogP contribution >= 0.6 is 0 Å². The van der Waals surface area contributed by atoms with Gasteiger partial charge in [-0.1, -0.05) is 6.07 Å². The molecule has 0 unspecified atom stereocenters. The number of carboxylic acids is 1. The molecule has 0 radical (unpaired) electrons. The third-order valence-electron chi connectivity index (χ3n) is 1.88. The van der Waals surface area contributed by atoms with Crippen LogP contribution in [0.5, 0.6) is 0 Å². The fourth-order valence-electron chi connectivity index (χ4n) is 1.21. The van der Waals surface area contributed by atoms with Crippen LogP contribution in [-0.2, 0) is 27.1 Å². The minimum absolute atomic E-state index is 0. The van der Waals surface area contributed by atoms with Crippen LogP contribution in [-0.4, -0.2) is 17.9 Å². The van der Waals surface area contributed by atoms with Crippen LogP contribution < -0.4 is 5.11 Å². The first-order valence-electron chi connectivity index (χ1n) is 3.71. The molecule has 2 rings (SSSR count). The smallest absolute Gasteiger partial charge is 0.545 e. The fraction of sp³-hybridized carbons (Fsp3) is 0. The standard InChI is InChI=1S/C9H4O5.Ag/c10-7(11)4-1-2-5-6(3-4)9(13)14-8(5)12;/h1-3H,(H,10,11);/q;+1/p-1. The molecule has 0 atom stereocenters. The van der Waals surface area contributed by atoms with E-state index in [0.717, 1.165) is 6.07 Å². The summed E-state index contributed by atoms with van der Waals surface area (Å²) in [5.74, 6) is -2.98. The molecule has 0 N–H and O–H groups in total. The first-order chi connectivity index (χ1) is 6.59. The molecule has 0 bridgehead atoms. The number of hydrogen-bond donors (Lipinski definition) is 0. The van der Waals surface area contributed by atoms with Crippen LogP contribution in [0.15, 0.2) is 18.2 Å². The van der Waals surface area contributed by atoms with E-state index in [9.17, 15) is 19.5 Å². The van der Waals surface area contributed by atoms with Gasteiger partial charge in [0.2, 0.25) is 0 Å². The molecular weight excluding hydrogens is 296 g/mol. The molecule has 0 fully saturated rings. The minimum Gasteiger partial charge on any atom is -0.545 e. The summed E-state index contributed by atoms with van der Waals surface area (Å²) < 4.78 is 4.28. The Labute approximate surface area is 99.5 Å². The third kappa shape index (κ3) is 1.85. The summed E-state index contributed by atoms with van der Waals surface area (Å²) in [6.07, 6.45) is 0. The number of rotatable bonds is 1. The Morgan fingerprint density at radius 1 is 1.13 bits per heavy atom. The van der Waals surface area contributed by atoms with E-state index in [1.165, 1.54) is 12.1 Å². The summed E-state index contributed by atoms with van der Waals surface area (Å²) in [5.41, 5.74) is -0.105. The maximum absolute atomic E-state index is 11.0.